The van der Waals surface area contributed by atoms with E-state index < -0.39 is 5.91 Å². The molecular weight excluding hydrogens is 288 g/mol. The third-order valence-electron chi connectivity index (χ3n) is 3.48. The number of para-hydroxylation sites is 1. The quantitative estimate of drug-likeness (QED) is 0.594. The van der Waals surface area contributed by atoms with E-state index >= 15 is 0 Å². The summed E-state index contributed by atoms with van der Waals surface area (Å²) in [4.78, 5) is 27.6. The third kappa shape index (κ3) is 3.32. The summed E-state index contributed by atoms with van der Waals surface area (Å²) in [7, 11) is 0. The van der Waals surface area contributed by atoms with Crippen LogP contribution in [-0.2, 0) is 0 Å². The number of nitrogens with two attached hydrogens (primary N) is 1. The number of nitrogens with zero attached hydrogens (tertiary/aromatic N) is 1. The number of allylic oxidation sites excluding steroid dienone is 1. The second-order valence-electron chi connectivity index (χ2n) is 5.07. The second kappa shape index (κ2) is 6.23. The van der Waals surface area contributed by atoms with Gasteiger partial charge in [0, 0.05) is 16.5 Å². The van der Waals surface area contributed by atoms with Gasteiger partial charge in [-0.25, -0.2) is 4.98 Å². The van der Waals surface area contributed by atoms with Crippen LogP contribution in [0.5, 0.6) is 0 Å². The van der Waals surface area contributed by atoms with Gasteiger partial charge in [-0.2, -0.15) is 0 Å². The average Bonchev–Trinajstić information content (AvgIpc) is 2.59. The Hall–Kier alpha value is -3.27. The lowest BCUT2D eigenvalue weighted by molar-refractivity contribution is 0.0997. The summed E-state index contributed by atoms with van der Waals surface area (Å²) < 4.78 is 0. The lowest BCUT2D eigenvalue weighted by Gasteiger charge is -1.99. The molecule has 1 aromatic heterocycles. The molecular formula is C19H14N2O2. The van der Waals surface area contributed by atoms with Crippen LogP contribution in [0.1, 0.15) is 26.4 Å². The van der Waals surface area contributed by atoms with Crippen molar-refractivity contribution in [3.8, 4) is 0 Å². The molecule has 0 saturated carbocycles. The summed E-state index contributed by atoms with van der Waals surface area (Å²) in [5, 5.41) is 1.05. The van der Waals surface area contributed by atoms with Crippen molar-refractivity contribution in [3.63, 3.8) is 0 Å². The molecule has 4 heteroatoms. The molecule has 0 atom stereocenters. The number of hydrogen-bond donors (Lipinski definition) is 1. The van der Waals surface area contributed by atoms with E-state index in [2.05, 4.69) is 4.98 Å². The highest BCUT2D eigenvalue weighted by molar-refractivity contribution is 6.07. The Morgan fingerprint density at radius 2 is 1.57 bits per heavy atom. The Labute approximate surface area is 133 Å². The normalized spacial score (nSPS) is 11.0. The molecule has 0 aliphatic carbocycles. The minimum atomic E-state index is -0.514. The molecule has 2 aromatic carbocycles. The number of benzene rings is 2. The minimum Gasteiger partial charge on any atom is -0.366 e. The third-order valence-corrected chi connectivity index (χ3v) is 3.48. The number of rotatable bonds is 4. The Morgan fingerprint density at radius 1 is 0.870 bits per heavy atom. The van der Waals surface area contributed by atoms with Gasteiger partial charge in [0.25, 0.3) is 0 Å². The SMILES string of the molecule is NC(=O)c1ccc(C(=O)/C=C/c2ccc3ccccc3n2)cc1. The maximum atomic E-state index is 12.1. The van der Waals surface area contributed by atoms with E-state index in [9.17, 15) is 9.59 Å². The molecule has 0 bridgehead atoms. The van der Waals surface area contributed by atoms with Crippen molar-refractivity contribution in [1.29, 1.82) is 0 Å². The monoisotopic (exact) mass is 302 g/mol. The number of fused-ring (bicyclic) bond motifs is 1. The Balaban J connectivity index is 1.80. The fraction of sp³-hybridized carbons (Fsp3) is 0. The molecule has 0 saturated heterocycles. The standard InChI is InChI=1S/C19H14N2O2/c20-19(23)15-7-5-14(6-8-15)18(22)12-11-16-10-9-13-3-1-2-4-17(13)21-16/h1-12H,(H2,20,23)/b12-11+. The highest BCUT2D eigenvalue weighted by atomic mass is 16.1. The molecule has 0 unspecified atom stereocenters. The summed E-state index contributed by atoms with van der Waals surface area (Å²) in [6.45, 7) is 0. The highest BCUT2D eigenvalue weighted by Crippen LogP contribution is 2.13. The van der Waals surface area contributed by atoms with Crippen LogP contribution in [0.2, 0.25) is 0 Å². The topological polar surface area (TPSA) is 73.1 Å². The largest absolute Gasteiger partial charge is 0.366 e. The number of ketones is 1. The smallest absolute Gasteiger partial charge is 0.248 e. The zero-order chi connectivity index (χ0) is 16.2. The molecule has 0 aliphatic heterocycles. The van der Waals surface area contributed by atoms with Crippen molar-refractivity contribution in [2.45, 2.75) is 0 Å². The fourth-order valence-corrected chi connectivity index (χ4v) is 2.23. The summed E-state index contributed by atoms with van der Waals surface area (Å²) in [6, 6.07) is 17.9. The molecule has 3 aromatic rings. The van der Waals surface area contributed by atoms with Crippen molar-refractivity contribution >= 4 is 28.7 Å². The van der Waals surface area contributed by atoms with Gasteiger partial charge in [0.2, 0.25) is 5.91 Å². The first-order valence-electron chi connectivity index (χ1n) is 7.11. The van der Waals surface area contributed by atoms with Crippen molar-refractivity contribution in [2.75, 3.05) is 0 Å². The Bertz CT molecular complexity index is 912. The molecule has 1 heterocycles. The predicted molar refractivity (Wildman–Crippen MR) is 90.1 cm³/mol. The number of carbonyl (C=O) groups excluding carboxylic acids is 2. The van der Waals surface area contributed by atoms with Crippen molar-refractivity contribution in [3.05, 3.63) is 83.6 Å². The van der Waals surface area contributed by atoms with Crippen LogP contribution in [0.15, 0.2) is 66.7 Å². The van der Waals surface area contributed by atoms with Gasteiger partial charge in [0.05, 0.1) is 11.2 Å². The number of primary amides is 1. The van der Waals surface area contributed by atoms with Crippen LogP contribution in [0.25, 0.3) is 17.0 Å². The van der Waals surface area contributed by atoms with Crippen LogP contribution < -0.4 is 5.73 Å². The summed E-state index contributed by atoms with van der Waals surface area (Å²) in [6.07, 6.45) is 3.15. The van der Waals surface area contributed by atoms with Gasteiger partial charge >= 0.3 is 0 Å². The highest BCUT2D eigenvalue weighted by Gasteiger charge is 2.04. The van der Waals surface area contributed by atoms with Crippen molar-refractivity contribution in [2.24, 2.45) is 5.73 Å². The maximum Gasteiger partial charge on any atom is 0.248 e. The zero-order valence-corrected chi connectivity index (χ0v) is 12.3. The zero-order valence-electron chi connectivity index (χ0n) is 12.3. The van der Waals surface area contributed by atoms with Gasteiger partial charge in [-0.3, -0.25) is 9.59 Å². The molecule has 0 fully saturated rings. The first-order valence-corrected chi connectivity index (χ1v) is 7.11. The molecule has 4 nitrogen and oxygen atoms in total. The van der Waals surface area contributed by atoms with Crippen LogP contribution >= 0.6 is 0 Å². The molecule has 23 heavy (non-hydrogen) atoms. The number of aromatic nitrogens is 1. The first kappa shape index (κ1) is 14.7. The van der Waals surface area contributed by atoms with E-state index in [0.717, 1.165) is 10.9 Å². The molecule has 0 aliphatic rings. The van der Waals surface area contributed by atoms with Gasteiger partial charge in [-0.15, -0.1) is 0 Å². The lowest BCUT2D eigenvalue weighted by Crippen LogP contribution is -2.10. The molecule has 0 radical (unpaired) electrons. The molecule has 112 valence electrons. The summed E-state index contributed by atoms with van der Waals surface area (Å²) >= 11 is 0. The van der Waals surface area contributed by atoms with E-state index in [-0.39, 0.29) is 5.78 Å². The molecule has 0 spiro atoms. The van der Waals surface area contributed by atoms with Gasteiger partial charge in [-0.05, 0) is 36.4 Å². The molecule has 3 rings (SSSR count). The van der Waals surface area contributed by atoms with Gasteiger partial charge in [0.1, 0.15) is 0 Å². The summed E-state index contributed by atoms with van der Waals surface area (Å²) in [5.74, 6) is -0.670. The second-order valence-corrected chi connectivity index (χ2v) is 5.07. The van der Waals surface area contributed by atoms with Gasteiger partial charge in [0.15, 0.2) is 5.78 Å². The Morgan fingerprint density at radius 3 is 2.30 bits per heavy atom. The predicted octanol–water partition coefficient (Wildman–Crippen LogP) is 3.23. The van der Waals surface area contributed by atoms with Crippen LogP contribution in [0.4, 0.5) is 0 Å². The number of pyridine rings is 1. The van der Waals surface area contributed by atoms with Crippen molar-refractivity contribution in [1.82, 2.24) is 4.98 Å². The van der Waals surface area contributed by atoms with E-state index in [4.69, 9.17) is 5.73 Å². The molecule has 1 amide bonds. The van der Waals surface area contributed by atoms with E-state index in [1.807, 2.05) is 36.4 Å². The average molecular weight is 302 g/mol. The van der Waals surface area contributed by atoms with Crippen LogP contribution in [0.3, 0.4) is 0 Å². The number of amides is 1. The lowest BCUT2D eigenvalue weighted by atomic mass is 10.1. The summed E-state index contributed by atoms with van der Waals surface area (Å²) in [5.41, 5.74) is 7.64. The maximum absolute atomic E-state index is 12.1. The van der Waals surface area contributed by atoms with Crippen molar-refractivity contribution < 1.29 is 9.59 Å². The number of carbonyl (C=O) groups is 2. The first-order chi connectivity index (χ1) is 11.1. The van der Waals surface area contributed by atoms with E-state index in [1.165, 1.54) is 18.2 Å². The van der Waals surface area contributed by atoms with Crippen LogP contribution in [0, 0.1) is 0 Å². The van der Waals surface area contributed by atoms with E-state index in [0.29, 0.717) is 16.8 Å². The van der Waals surface area contributed by atoms with E-state index in [1.54, 1.807) is 18.2 Å². The van der Waals surface area contributed by atoms with Crippen LogP contribution in [-0.4, -0.2) is 16.7 Å². The Kier molecular flexibility index (Phi) is 3.97. The van der Waals surface area contributed by atoms with Gasteiger partial charge < -0.3 is 5.73 Å². The molecule has 2 N–H and O–H groups in total. The minimum absolute atomic E-state index is 0.157. The fourth-order valence-electron chi connectivity index (χ4n) is 2.23. The van der Waals surface area contributed by atoms with Gasteiger partial charge in [-0.1, -0.05) is 36.4 Å². The number of hydrogen-bond acceptors (Lipinski definition) is 3.